The number of nitrogens with zero attached hydrogens (tertiary/aromatic N) is 1. The molecule has 1 aromatic rings. The van der Waals surface area contributed by atoms with Gasteiger partial charge in [-0.1, -0.05) is 6.07 Å². The summed E-state index contributed by atoms with van der Waals surface area (Å²) in [6.45, 7) is 7.09. The summed E-state index contributed by atoms with van der Waals surface area (Å²) in [5, 5.41) is 12.1. The van der Waals surface area contributed by atoms with Crippen LogP contribution < -0.4 is 5.32 Å². The highest BCUT2D eigenvalue weighted by molar-refractivity contribution is 9.10. The quantitative estimate of drug-likeness (QED) is 0.774. The fraction of sp³-hybridized carbons (Fsp3) is 0.500. The first-order valence-electron chi connectivity index (χ1n) is 8.23. The predicted molar refractivity (Wildman–Crippen MR) is 99.1 cm³/mol. The number of halogens is 1. The van der Waals surface area contributed by atoms with Crippen molar-refractivity contribution < 1.29 is 24.2 Å². The van der Waals surface area contributed by atoms with E-state index in [-0.39, 0.29) is 25.4 Å². The van der Waals surface area contributed by atoms with Gasteiger partial charge < -0.3 is 20.1 Å². The van der Waals surface area contributed by atoms with E-state index in [0.29, 0.717) is 10.0 Å². The Morgan fingerprint density at radius 2 is 1.96 bits per heavy atom. The Balaban J connectivity index is 2.17. The summed E-state index contributed by atoms with van der Waals surface area (Å²) in [6, 6.07) is 5.34. The molecule has 1 heterocycles. The Morgan fingerprint density at radius 3 is 2.50 bits per heavy atom. The van der Waals surface area contributed by atoms with Crippen LogP contribution in [-0.4, -0.2) is 52.2 Å². The Morgan fingerprint density at radius 1 is 1.31 bits per heavy atom. The molecule has 142 valence electrons. The maximum atomic E-state index is 12.8. The van der Waals surface area contributed by atoms with E-state index in [4.69, 9.17) is 4.74 Å². The zero-order valence-electron chi connectivity index (χ0n) is 15.3. The van der Waals surface area contributed by atoms with Gasteiger partial charge in [0.25, 0.3) is 5.91 Å². The molecule has 26 heavy (non-hydrogen) atoms. The van der Waals surface area contributed by atoms with Crippen molar-refractivity contribution in [3.8, 4) is 0 Å². The van der Waals surface area contributed by atoms with E-state index in [1.54, 1.807) is 26.8 Å². The second-order valence-electron chi connectivity index (χ2n) is 7.47. The lowest BCUT2D eigenvalue weighted by atomic mass is 9.99. The van der Waals surface area contributed by atoms with E-state index in [0.717, 1.165) is 5.56 Å². The first kappa shape index (κ1) is 20.2. The number of carbonyl (C=O) groups is 3. The van der Waals surface area contributed by atoms with E-state index < -0.39 is 23.2 Å². The third-order valence-electron chi connectivity index (χ3n) is 4.06. The predicted octanol–water partition coefficient (Wildman–Crippen LogP) is 2.95. The number of hydrogen-bond donors (Lipinski definition) is 2. The molecular formula is C18H23BrN2O5. The Bertz CT molecular complexity index is 744. The molecule has 0 aromatic heterocycles. The number of aliphatic carboxylic acids is 1. The second-order valence-corrected chi connectivity index (χ2v) is 8.33. The molecule has 0 spiro atoms. The molecule has 2 amide bonds. The van der Waals surface area contributed by atoms with Gasteiger partial charge in [0.15, 0.2) is 5.54 Å². The minimum Gasteiger partial charge on any atom is -0.479 e. The number of rotatable bonds is 3. The number of carbonyl (C=O) groups excluding carboxylic acids is 2. The maximum absolute atomic E-state index is 12.8. The van der Waals surface area contributed by atoms with Crippen LogP contribution >= 0.6 is 15.9 Å². The normalized spacial score (nSPS) is 20.0. The van der Waals surface area contributed by atoms with Gasteiger partial charge in [-0.2, -0.15) is 0 Å². The van der Waals surface area contributed by atoms with Crippen LogP contribution in [0.3, 0.4) is 0 Å². The lowest BCUT2D eigenvalue weighted by Crippen LogP contribution is -2.57. The second kappa shape index (κ2) is 7.26. The number of nitrogens with one attached hydrogen (secondary N) is 1. The molecule has 1 aliphatic heterocycles. The number of likely N-dealkylation sites (tertiary alicyclic amines) is 1. The number of amides is 2. The van der Waals surface area contributed by atoms with E-state index in [1.165, 1.54) is 4.90 Å². The van der Waals surface area contributed by atoms with Crippen LogP contribution in [0.25, 0.3) is 0 Å². The van der Waals surface area contributed by atoms with Crippen molar-refractivity contribution in [2.24, 2.45) is 0 Å². The molecule has 0 radical (unpaired) electrons. The summed E-state index contributed by atoms with van der Waals surface area (Å²) < 4.78 is 5.81. The third kappa shape index (κ3) is 4.55. The van der Waals surface area contributed by atoms with Crippen molar-refractivity contribution in [1.29, 1.82) is 0 Å². The van der Waals surface area contributed by atoms with Crippen LogP contribution in [0.1, 0.15) is 43.1 Å². The lowest BCUT2D eigenvalue weighted by molar-refractivity contribution is -0.144. The van der Waals surface area contributed by atoms with Gasteiger partial charge in [0.1, 0.15) is 5.60 Å². The first-order chi connectivity index (χ1) is 11.9. The van der Waals surface area contributed by atoms with Crippen LogP contribution in [0.15, 0.2) is 22.7 Å². The average Bonchev–Trinajstić information content (AvgIpc) is 2.90. The van der Waals surface area contributed by atoms with E-state index in [1.807, 2.05) is 19.1 Å². The fourth-order valence-electron chi connectivity index (χ4n) is 2.78. The standard InChI is InChI=1S/C18H23BrN2O5/c1-11-5-6-12(13(19)9-11)14(22)21-8-7-18(10-21,15(23)24)20-16(25)26-17(2,3)4/h5-6,9H,7-8,10H2,1-4H3,(H,20,25)(H,23,24). The van der Waals surface area contributed by atoms with Crippen LogP contribution in [0.2, 0.25) is 0 Å². The molecule has 1 fully saturated rings. The SMILES string of the molecule is Cc1ccc(C(=O)N2CCC(NC(=O)OC(C)(C)C)(C(=O)O)C2)c(Br)c1. The maximum Gasteiger partial charge on any atom is 0.408 e. The summed E-state index contributed by atoms with van der Waals surface area (Å²) in [5.41, 5.74) is -0.852. The van der Waals surface area contributed by atoms with Crippen molar-refractivity contribution in [1.82, 2.24) is 10.2 Å². The average molecular weight is 427 g/mol. The molecule has 1 aliphatic rings. The van der Waals surface area contributed by atoms with E-state index >= 15 is 0 Å². The number of ether oxygens (including phenoxy) is 1. The molecule has 0 saturated carbocycles. The van der Waals surface area contributed by atoms with Crippen molar-refractivity contribution in [2.75, 3.05) is 13.1 Å². The number of benzene rings is 1. The number of aryl methyl sites for hydroxylation is 1. The molecule has 1 aromatic carbocycles. The van der Waals surface area contributed by atoms with Gasteiger partial charge >= 0.3 is 12.1 Å². The topological polar surface area (TPSA) is 95.9 Å². The summed E-state index contributed by atoms with van der Waals surface area (Å²) in [5.74, 6) is -1.48. The zero-order valence-corrected chi connectivity index (χ0v) is 16.8. The van der Waals surface area contributed by atoms with Crippen LogP contribution in [0, 0.1) is 6.92 Å². The highest BCUT2D eigenvalue weighted by Crippen LogP contribution is 2.27. The van der Waals surface area contributed by atoms with Gasteiger partial charge in [-0.3, -0.25) is 4.79 Å². The first-order valence-corrected chi connectivity index (χ1v) is 9.03. The molecule has 8 heteroatoms. The lowest BCUT2D eigenvalue weighted by Gasteiger charge is -2.28. The van der Waals surface area contributed by atoms with Gasteiger partial charge in [0.2, 0.25) is 0 Å². The highest BCUT2D eigenvalue weighted by Gasteiger charge is 2.48. The highest BCUT2D eigenvalue weighted by atomic mass is 79.9. The molecule has 1 unspecified atom stereocenters. The van der Waals surface area contributed by atoms with Gasteiger partial charge in [0.05, 0.1) is 12.1 Å². The van der Waals surface area contributed by atoms with E-state index in [2.05, 4.69) is 21.2 Å². The molecule has 2 rings (SSSR count). The molecule has 2 N–H and O–H groups in total. The van der Waals surface area contributed by atoms with Gasteiger partial charge in [-0.05, 0) is 61.3 Å². The van der Waals surface area contributed by atoms with Gasteiger partial charge in [0, 0.05) is 17.4 Å². The van der Waals surface area contributed by atoms with Crippen molar-refractivity contribution >= 4 is 33.9 Å². The summed E-state index contributed by atoms with van der Waals surface area (Å²) in [4.78, 5) is 38.1. The largest absolute Gasteiger partial charge is 0.479 e. The van der Waals surface area contributed by atoms with Crippen molar-refractivity contribution in [3.05, 3.63) is 33.8 Å². The van der Waals surface area contributed by atoms with Gasteiger partial charge in [-0.25, -0.2) is 9.59 Å². The monoisotopic (exact) mass is 426 g/mol. The number of hydrogen-bond acceptors (Lipinski definition) is 4. The van der Waals surface area contributed by atoms with Crippen LogP contribution in [0.4, 0.5) is 4.79 Å². The van der Waals surface area contributed by atoms with Crippen LogP contribution in [0.5, 0.6) is 0 Å². The molecule has 7 nitrogen and oxygen atoms in total. The number of carboxylic acid groups (broad SMARTS) is 1. The number of alkyl carbamates (subject to hydrolysis) is 1. The molecular weight excluding hydrogens is 404 g/mol. The minimum atomic E-state index is -1.56. The summed E-state index contributed by atoms with van der Waals surface area (Å²) >= 11 is 3.37. The summed E-state index contributed by atoms with van der Waals surface area (Å²) in [7, 11) is 0. The Hall–Kier alpha value is -2.09. The smallest absolute Gasteiger partial charge is 0.408 e. The molecule has 0 aliphatic carbocycles. The molecule has 0 bridgehead atoms. The Labute approximate surface area is 160 Å². The van der Waals surface area contributed by atoms with E-state index in [9.17, 15) is 19.5 Å². The summed E-state index contributed by atoms with van der Waals surface area (Å²) in [6.07, 6.45) is -0.706. The third-order valence-corrected chi connectivity index (χ3v) is 4.72. The fourth-order valence-corrected chi connectivity index (χ4v) is 3.44. The minimum absolute atomic E-state index is 0.108. The van der Waals surface area contributed by atoms with Gasteiger partial charge in [-0.15, -0.1) is 0 Å². The zero-order chi connectivity index (χ0) is 19.7. The Kier molecular flexibility index (Phi) is 5.65. The van der Waals surface area contributed by atoms with Crippen LogP contribution in [-0.2, 0) is 9.53 Å². The van der Waals surface area contributed by atoms with Crippen molar-refractivity contribution in [3.63, 3.8) is 0 Å². The molecule has 1 saturated heterocycles. The number of carboxylic acids is 1. The van der Waals surface area contributed by atoms with Crippen molar-refractivity contribution in [2.45, 2.75) is 45.3 Å². The molecule has 1 atom stereocenters.